The Morgan fingerprint density at radius 3 is 1.43 bits per heavy atom. The van der Waals surface area contributed by atoms with Crippen LogP contribution >= 0.6 is 0 Å². The average molecular weight is 1130 g/mol. The lowest BCUT2D eigenvalue weighted by molar-refractivity contribution is -0.120. The van der Waals surface area contributed by atoms with Gasteiger partial charge in [0, 0.05) is 22.8 Å². The first-order valence-electron chi connectivity index (χ1n) is 27.5. The minimum atomic E-state index is -2.08. The van der Waals surface area contributed by atoms with Crippen molar-refractivity contribution in [2.24, 2.45) is 22.7 Å². The second kappa shape index (κ2) is 24.8. The summed E-state index contributed by atoms with van der Waals surface area (Å²) < 4.78 is 45.4. The number of hydrogen-bond donors (Lipinski definition) is 1. The monoisotopic (exact) mass is 1130 g/mol. The molecular formula is C67H93F2N5O4Si2. The number of halogens is 2. The molecule has 0 bridgehead atoms. The van der Waals surface area contributed by atoms with Crippen molar-refractivity contribution in [2.45, 2.75) is 171 Å². The Kier molecular flexibility index (Phi) is 20.2. The van der Waals surface area contributed by atoms with Crippen molar-refractivity contribution in [3.63, 3.8) is 0 Å². The van der Waals surface area contributed by atoms with Crippen LogP contribution in [0.1, 0.15) is 130 Å². The van der Waals surface area contributed by atoms with Gasteiger partial charge in [-0.25, -0.2) is 18.1 Å². The molecule has 0 unspecified atom stereocenters. The molecule has 9 nitrogen and oxygen atoms in total. The van der Waals surface area contributed by atoms with E-state index in [1.54, 1.807) is 24.3 Å². The molecule has 2 heterocycles. The van der Waals surface area contributed by atoms with Gasteiger partial charge in [-0.3, -0.25) is 4.79 Å². The molecule has 4 aromatic carbocycles. The molecule has 2 aromatic heterocycles. The van der Waals surface area contributed by atoms with E-state index in [1.807, 2.05) is 21.8 Å². The second-order valence-corrected chi connectivity index (χ2v) is 35.2. The number of fused-ring (bicyclic) bond motifs is 4. The molecule has 432 valence electrons. The number of aromatic nitrogens is 4. The number of benzene rings is 4. The highest BCUT2D eigenvalue weighted by molar-refractivity contribution is 6.74. The van der Waals surface area contributed by atoms with Gasteiger partial charge in [-0.1, -0.05) is 143 Å². The number of allylic oxidation sites excluding steroid dienone is 4. The summed E-state index contributed by atoms with van der Waals surface area (Å²) in [5, 5.41) is 9.62. The highest BCUT2D eigenvalue weighted by Crippen LogP contribution is 2.55. The summed E-state index contributed by atoms with van der Waals surface area (Å²) in [6.07, 6.45) is 16.6. The molecule has 10 rings (SSSR count). The number of ketones is 1. The van der Waals surface area contributed by atoms with E-state index in [2.05, 4.69) is 172 Å². The topological polar surface area (TPSA) is 138 Å². The van der Waals surface area contributed by atoms with Crippen molar-refractivity contribution in [2.75, 3.05) is 0 Å². The standard InChI is InChI=1S/C33H41FN2OSi.C32H39FN2O2Si.2CH4.H3N.H2O/c1-23-13-18-28(31(19-24-11-9-8-10-12-24)37-38(6,7)32(2,3)4)33(5)21-25-22-35-36(30(25)20-29(23)33)27-16-14-26(34)15-17-27;1-31(2,3)38(5,6)37-30(18-22-10-8-7-9-11-22)26-16-17-29(36)27-19-28-23(20-32(26,27)4)21-34-35(28)25-14-12-24(33)13-15-25;;;;/h8-17,20,22,28,31H,18-19,21H2,1-7H3;7-15,19,21,26,30H,16-18,20H2,1-6H3;2*1H4;1H3;1H2/t28-,31-,33-;26-,30-,32-;;;;/m11..../s1. The largest absolute Gasteiger partial charge is 0.413 e. The third-order valence-corrected chi connectivity index (χ3v) is 27.5. The first kappa shape index (κ1) is 65.1. The molecule has 4 aliphatic rings. The van der Waals surface area contributed by atoms with E-state index >= 15 is 0 Å². The van der Waals surface area contributed by atoms with Crippen LogP contribution in [-0.2, 0) is 39.3 Å². The maximum atomic E-state index is 13.6. The average Bonchev–Trinajstić information content (AvgIpc) is 3.96. The van der Waals surface area contributed by atoms with Gasteiger partial charge < -0.3 is 20.5 Å². The van der Waals surface area contributed by atoms with Crippen molar-refractivity contribution < 1.29 is 27.9 Å². The van der Waals surface area contributed by atoms with Gasteiger partial charge in [-0.05, 0) is 182 Å². The zero-order valence-electron chi connectivity index (χ0n) is 48.5. The van der Waals surface area contributed by atoms with Crippen molar-refractivity contribution in [3.8, 4) is 11.4 Å². The molecule has 0 saturated heterocycles. The van der Waals surface area contributed by atoms with Crippen molar-refractivity contribution >= 4 is 34.6 Å². The molecule has 0 aliphatic heterocycles. The van der Waals surface area contributed by atoms with E-state index in [0.29, 0.717) is 12.3 Å². The lowest BCUT2D eigenvalue weighted by Gasteiger charge is -2.50. The van der Waals surface area contributed by atoms with Gasteiger partial charge in [0.05, 0.1) is 47.4 Å². The van der Waals surface area contributed by atoms with Crippen LogP contribution in [0.25, 0.3) is 23.5 Å². The summed E-state index contributed by atoms with van der Waals surface area (Å²) in [4.78, 5) is 13.4. The van der Waals surface area contributed by atoms with E-state index in [4.69, 9.17) is 14.0 Å². The Morgan fingerprint density at radius 1 is 0.625 bits per heavy atom. The quantitative estimate of drug-likeness (QED) is 0.121. The number of Topliss-reactive ketones (excluding diaryl/α,β-unsaturated/α-hetero) is 1. The molecule has 6 aromatic rings. The summed E-state index contributed by atoms with van der Waals surface area (Å²) in [5.74, 6) is 0.238. The van der Waals surface area contributed by atoms with Crippen LogP contribution in [0.3, 0.4) is 0 Å². The Morgan fingerprint density at radius 2 is 1.01 bits per heavy atom. The van der Waals surface area contributed by atoms with Crippen LogP contribution in [0.5, 0.6) is 0 Å². The molecular weight excluding hydrogens is 1030 g/mol. The number of carbonyl (C=O) groups is 1. The zero-order valence-corrected chi connectivity index (χ0v) is 50.5. The summed E-state index contributed by atoms with van der Waals surface area (Å²) in [6.45, 7) is 30.2. The highest BCUT2D eigenvalue weighted by Gasteiger charge is 2.53. The van der Waals surface area contributed by atoms with Crippen LogP contribution in [0, 0.1) is 34.3 Å². The number of carbonyl (C=O) groups excluding carboxylic acids is 1. The van der Waals surface area contributed by atoms with Gasteiger partial charge >= 0.3 is 0 Å². The molecule has 5 N–H and O–H groups in total. The van der Waals surface area contributed by atoms with Crippen LogP contribution in [-0.4, -0.2) is 59.7 Å². The fraction of sp³-hybridized carbons (Fsp3) is 0.448. The number of hydrogen-bond acceptors (Lipinski definition) is 6. The summed E-state index contributed by atoms with van der Waals surface area (Å²) >= 11 is 0. The van der Waals surface area contributed by atoms with E-state index in [9.17, 15) is 13.6 Å². The molecule has 6 atom stereocenters. The van der Waals surface area contributed by atoms with Crippen molar-refractivity contribution in [3.05, 3.63) is 190 Å². The summed E-state index contributed by atoms with van der Waals surface area (Å²) in [7, 11) is -4.10. The van der Waals surface area contributed by atoms with E-state index in [1.165, 1.54) is 52.1 Å². The van der Waals surface area contributed by atoms with E-state index in [-0.39, 0.29) is 82.9 Å². The fourth-order valence-corrected chi connectivity index (χ4v) is 14.8. The van der Waals surface area contributed by atoms with Crippen LogP contribution < -0.4 is 6.15 Å². The molecule has 0 spiro atoms. The molecule has 1 saturated carbocycles. The molecule has 4 aliphatic carbocycles. The SMILES string of the molecule is C.C.CC(C)(C)[Si](C)(C)O[C@H](Cc1ccccc1)[C@H]1CCC(=O)C2=Cc3c(cnn3-c3ccc(F)cc3)C[C@@]21C.CC1=CC[C@H]([C@@H](Cc2ccccc2)O[Si](C)(C)C(C)(C)C)[C@@]2(C)Cc3cnn(-c4ccc(F)cc4)c3C=C12.N.O. The van der Waals surface area contributed by atoms with Crippen LogP contribution in [0.2, 0.25) is 36.3 Å². The normalized spacial score (nSPS) is 21.2. The van der Waals surface area contributed by atoms with Gasteiger partial charge in [-0.2, -0.15) is 10.2 Å². The zero-order chi connectivity index (χ0) is 54.6. The van der Waals surface area contributed by atoms with Gasteiger partial charge in [0.15, 0.2) is 22.4 Å². The summed E-state index contributed by atoms with van der Waals surface area (Å²) in [6, 6.07) is 34.3. The predicted molar refractivity (Wildman–Crippen MR) is 333 cm³/mol. The van der Waals surface area contributed by atoms with E-state index < -0.39 is 16.6 Å². The first-order chi connectivity index (χ1) is 35.8. The predicted octanol–water partition coefficient (Wildman–Crippen LogP) is 16.7. The molecule has 0 radical (unpaired) electrons. The minimum Gasteiger partial charge on any atom is -0.413 e. The van der Waals surface area contributed by atoms with Gasteiger partial charge in [0.1, 0.15) is 11.6 Å². The fourth-order valence-electron chi connectivity index (χ4n) is 12.1. The maximum absolute atomic E-state index is 13.6. The maximum Gasteiger partial charge on any atom is 0.192 e. The highest BCUT2D eigenvalue weighted by atomic mass is 28.4. The van der Waals surface area contributed by atoms with Gasteiger partial charge in [-0.15, -0.1) is 0 Å². The number of rotatable bonds is 12. The molecule has 1 fully saturated rings. The lowest BCUT2D eigenvalue weighted by Crippen LogP contribution is -2.52. The third kappa shape index (κ3) is 13.0. The summed E-state index contributed by atoms with van der Waals surface area (Å²) in [5.41, 5.74) is 11.8. The van der Waals surface area contributed by atoms with Gasteiger partial charge in [0.2, 0.25) is 0 Å². The molecule has 80 heavy (non-hydrogen) atoms. The van der Waals surface area contributed by atoms with E-state index in [0.717, 1.165) is 72.4 Å². The first-order valence-corrected chi connectivity index (χ1v) is 33.3. The van der Waals surface area contributed by atoms with Crippen molar-refractivity contribution in [1.29, 1.82) is 0 Å². The Balaban J connectivity index is 0.000000280. The van der Waals surface area contributed by atoms with Gasteiger partial charge in [0.25, 0.3) is 0 Å². The van der Waals surface area contributed by atoms with Crippen LogP contribution in [0.15, 0.2) is 144 Å². The minimum absolute atomic E-state index is 0. The Labute approximate surface area is 480 Å². The Hall–Kier alpha value is -5.68. The Bertz CT molecular complexity index is 3140. The second-order valence-electron chi connectivity index (χ2n) is 25.7. The smallest absolute Gasteiger partial charge is 0.192 e. The van der Waals surface area contributed by atoms with Crippen LogP contribution in [0.4, 0.5) is 8.78 Å². The molecule has 13 heteroatoms. The number of nitrogens with zero attached hydrogens (tertiary/aromatic N) is 4. The van der Waals surface area contributed by atoms with Crippen molar-refractivity contribution in [1.82, 2.24) is 25.7 Å². The molecule has 0 amide bonds. The lowest BCUT2D eigenvalue weighted by atomic mass is 9.57. The third-order valence-electron chi connectivity index (χ3n) is 18.5.